The van der Waals surface area contributed by atoms with Crippen molar-refractivity contribution in [2.24, 2.45) is 0 Å². The van der Waals surface area contributed by atoms with Gasteiger partial charge in [0.25, 0.3) is 0 Å². The van der Waals surface area contributed by atoms with Gasteiger partial charge in [-0.1, -0.05) is 6.07 Å². The zero-order chi connectivity index (χ0) is 19.1. The molecule has 1 atom stereocenters. The second-order valence-corrected chi connectivity index (χ2v) is 7.56. The average molecular weight is 372 g/mol. The average Bonchev–Trinajstić information content (AvgIpc) is 2.94. The van der Waals surface area contributed by atoms with E-state index in [4.69, 9.17) is 0 Å². The molecule has 1 aromatic rings. The lowest BCUT2D eigenvalue weighted by Gasteiger charge is -2.46. The monoisotopic (exact) mass is 372 g/mol. The molecule has 2 heterocycles. The largest absolute Gasteiger partial charge is 0.419 e. The molecular weight excluding hydrogens is 348 g/mol. The minimum atomic E-state index is -4.72. The summed E-state index contributed by atoms with van der Waals surface area (Å²) in [5.41, 5.74) is -1.49. The summed E-state index contributed by atoms with van der Waals surface area (Å²) >= 11 is 0. The fourth-order valence-electron chi connectivity index (χ4n) is 4.31. The van der Waals surface area contributed by atoms with E-state index in [2.05, 4.69) is 0 Å². The molecule has 1 spiro atoms. The first kappa shape index (κ1) is 19.1. The second kappa shape index (κ2) is 6.83. The number of likely N-dealkylation sites (tertiary alicyclic amines) is 2. The Hall–Kier alpha value is -1.63. The topological polar surface area (TPSA) is 23.6 Å². The van der Waals surface area contributed by atoms with Gasteiger partial charge in [-0.05, 0) is 63.8 Å². The van der Waals surface area contributed by atoms with Crippen molar-refractivity contribution in [3.63, 3.8) is 0 Å². The summed E-state index contributed by atoms with van der Waals surface area (Å²) in [6.07, 6.45) is -1.55. The van der Waals surface area contributed by atoms with E-state index in [1.807, 2.05) is 23.6 Å². The van der Waals surface area contributed by atoms with E-state index >= 15 is 0 Å². The maximum Gasteiger partial charge on any atom is 0.419 e. The first-order chi connectivity index (χ1) is 12.1. The Morgan fingerprint density at radius 1 is 1.15 bits per heavy atom. The molecule has 2 aliphatic heterocycles. The van der Waals surface area contributed by atoms with Crippen LogP contribution in [-0.2, 0) is 17.5 Å². The van der Waals surface area contributed by atoms with Crippen molar-refractivity contribution in [3.05, 3.63) is 35.1 Å². The summed E-state index contributed by atoms with van der Waals surface area (Å²) in [7, 11) is 0. The van der Waals surface area contributed by atoms with E-state index in [9.17, 15) is 22.4 Å². The van der Waals surface area contributed by atoms with Gasteiger partial charge < -0.3 is 4.90 Å². The van der Waals surface area contributed by atoms with Crippen LogP contribution in [-0.4, -0.2) is 40.4 Å². The lowest BCUT2D eigenvalue weighted by molar-refractivity contribution is -0.150. The number of alkyl halides is 3. The number of amides is 1. The Morgan fingerprint density at radius 3 is 2.42 bits per heavy atom. The summed E-state index contributed by atoms with van der Waals surface area (Å²) in [6, 6.07) is 3.22. The molecule has 0 bridgehead atoms. The first-order valence-corrected chi connectivity index (χ1v) is 9.07. The number of halogens is 4. The smallest absolute Gasteiger partial charge is 0.339 e. The number of rotatable bonds is 3. The molecule has 1 amide bonds. The minimum absolute atomic E-state index is 0.0782. The fourth-order valence-corrected chi connectivity index (χ4v) is 4.31. The predicted molar refractivity (Wildman–Crippen MR) is 89.9 cm³/mol. The van der Waals surface area contributed by atoms with Gasteiger partial charge in [0.05, 0.1) is 5.56 Å². The second-order valence-electron chi connectivity index (χ2n) is 7.56. The van der Waals surface area contributed by atoms with Crippen molar-refractivity contribution < 1.29 is 22.4 Å². The van der Waals surface area contributed by atoms with Crippen molar-refractivity contribution in [1.82, 2.24) is 9.80 Å². The maximum absolute atomic E-state index is 13.5. The third kappa shape index (κ3) is 3.33. The number of benzene rings is 1. The Balaban J connectivity index is 1.87. The normalized spacial score (nSPS) is 24.9. The summed E-state index contributed by atoms with van der Waals surface area (Å²) in [4.78, 5) is 17.0. The highest BCUT2D eigenvalue weighted by atomic mass is 19.4. The van der Waals surface area contributed by atoms with Gasteiger partial charge in [-0.25, -0.2) is 4.39 Å². The van der Waals surface area contributed by atoms with Gasteiger partial charge in [-0.2, -0.15) is 13.2 Å². The van der Waals surface area contributed by atoms with Crippen LogP contribution in [0.2, 0.25) is 0 Å². The molecule has 26 heavy (non-hydrogen) atoms. The van der Waals surface area contributed by atoms with Gasteiger partial charge in [0.15, 0.2) is 0 Å². The highest BCUT2D eigenvalue weighted by molar-refractivity contribution is 5.87. The van der Waals surface area contributed by atoms with Gasteiger partial charge in [-0.3, -0.25) is 9.69 Å². The Labute approximate surface area is 151 Å². The van der Waals surface area contributed by atoms with Gasteiger partial charge in [-0.15, -0.1) is 0 Å². The summed E-state index contributed by atoms with van der Waals surface area (Å²) in [5.74, 6) is -1.19. The number of piperidine rings is 1. The maximum atomic E-state index is 13.5. The molecule has 0 radical (unpaired) electrons. The molecule has 0 aromatic heterocycles. The quantitative estimate of drug-likeness (QED) is 0.742. The molecule has 0 saturated carbocycles. The molecule has 1 unspecified atom stereocenters. The van der Waals surface area contributed by atoms with E-state index in [1.165, 1.54) is 6.07 Å². The molecule has 0 aliphatic carbocycles. The van der Waals surface area contributed by atoms with Crippen LogP contribution >= 0.6 is 0 Å². The molecule has 0 N–H and O–H groups in total. The highest BCUT2D eigenvalue weighted by Crippen LogP contribution is 2.40. The summed E-state index contributed by atoms with van der Waals surface area (Å²) in [6.45, 7) is 5.57. The molecule has 1 aromatic carbocycles. The van der Waals surface area contributed by atoms with Crippen molar-refractivity contribution in [2.45, 2.75) is 63.8 Å². The van der Waals surface area contributed by atoms with Crippen LogP contribution in [0.3, 0.4) is 0 Å². The van der Waals surface area contributed by atoms with Crippen molar-refractivity contribution >= 4 is 5.91 Å². The zero-order valence-electron chi connectivity index (χ0n) is 15.1. The Bertz CT molecular complexity index is 689. The van der Waals surface area contributed by atoms with E-state index in [1.54, 1.807) is 0 Å². The number of carbonyl (C=O) groups is 1. The number of hydrogen-bond acceptors (Lipinski definition) is 2. The van der Waals surface area contributed by atoms with Crippen LogP contribution in [0.25, 0.3) is 0 Å². The van der Waals surface area contributed by atoms with Crippen LogP contribution in [0.1, 0.15) is 50.7 Å². The highest BCUT2D eigenvalue weighted by Gasteiger charge is 2.51. The minimum Gasteiger partial charge on any atom is -0.339 e. The van der Waals surface area contributed by atoms with E-state index in [0.29, 0.717) is 12.1 Å². The van der Waals surface area contributed by atoms with E-state index in [0.717, 1.165) is 44.4 Å². The van der Waals surface area contributed by atoms with Crippen molar-refractivity contribution in [1.29, 1.82) is 0 Å². The summed E-state index contributed by atoms with van der Waals surface area (Å²) in [5, 5.41) is 0. The van der Waals surface area contributed by atoms with Gasteiger partial charge in [0, 0.05) is 19.1 Å². The molecule has 7 heteroatoms. The van der Waals surface area contributed by atoms with Crippen molar-refractivity contribution in [2.75, 3.05) is 13.1 Å². The molecule has 3 nitrogen and oxygen atoms in total. The number of hydrogen-bond donors (Lipinski definition) is 0. The molecule has 2 saturated heterocycles. The Morgan fingerprint density at radius 2 is 1.81 bits per heavy atom. The van der Waals surface area contributed by atoms with E-state index < -0.39 is 23.1 Å². The van der Waals surface area contributed by atoms with E-state index in [-0.39, 0.29) is 18.5 Å². The van der Waals surface area contributed by atoms with Gasteiger partial charge >= 0.3 is 6.18 Å². The van der Waals surface area contributed by atoms with Crippen LogP contribution < -0.4 is 0 Å². The SMILES string of the molecule is CC(C)N1CCCC2(CCCN2Cc2ccc(F)c(C(F)(F)F)c2)C1=O. The summed E-state index contributed by atoms with van der Waals surface area (Å²) < 4.78 is 52.5. The molecule has 144 valence electrons. The van der Waals surface area contributed by atoms with Crippen LogP contribution in [0.5, 0.6) is 0 Å². The molecule has 2 aliphatic rings. The standard InChI is InChI=1S/C19H24F4N2O/c1-13(2)25-10-4-8-18(17(25)26)7-3-9-24(18)12-14-5-6-16(20)15(11-14)19(21,22)23/h5-6,11,13H,3-4,7-10,12H2,1-2H3. The predicted octanol–water partition coefficient (Wildman–Crippen LogP) is 4.21. The zero-order valence-corrected chi connectivity index (χ0v) is 15.1. The molecule has 3 rings (SSSR count). The van der Waals surface area contributed by atoms with Crippen LogP contribution in [0.4, 0.5) is 17.6 Å². The fraction of sp³-hybridized carbons (Fsp3) is 0.632. The first-order valence-electron chi connectivity index (χ1n) is 9.07. The lowest BCUT2D eigenvalue weighted by atomic mass is 9.84. The number of carbonyl (C=O) groups excluding carboxylic acids is 1. The lowest BCUT2D eigenvalue weighted by Crippen LogP contribution is -2.61. The number of nitrogens with zero attached hydrogens (tertiary/aromatic N) is 2. The molecule has 2 fully saturated rings. The van der Waals surface area contributed by atoms with Gasteiger partial charge in [0.2, 0.25) is 5.91 Å². The van der Waals surface area contributed by atoms with Crippen LogP contribution in [0.15, 0.2) is 18.2 Å². The third-order valence-electron chi connectivity index (χ3n) is 5.60. The third-order valence-corrected chi connectivity index (χ3v) is 5.60. The van der Waals surface area contributed by atoms with Crippen LogP contribution in [0, 0.1) is 5.82 Å². The van der Waals surface area contributed by atoms with Gasteiger partial charge in [0.1, 0.15) is 11.4 Å². The van der Waals surface area contributed by atoms with Crippen molar-refractivity contribution in [3.8, 4) is 0 Å². The Kier molecular flexibility index (Phi) is 5.03. The molecular formula is C19H24F4N2O.